The first-order chi connectivity index (χ1) is 7.60. The van der Waals surface area contributed by atoms with Gasteiger partial charge in [0.05, 0.1) is 12.6 Å². The van der Waals surface area contributed by atoms with Gasteiger partial charge in [0.15, 0.2) is 5.78 Å². The first kappa shape index (κ1) is 13.1. The highest BCUT2D eigenvalue weighted by Crippen LogP contribution is 2.17. The molecule has 1 unspecified atom stereocenters. The Bertz CT molecular complexity index is 270. The van der Waals surface area contributed by atoms with Crippen LogP contribution >= 0.6 is 0 Å². The summed E-state index contributed by atoms with van der Waals surface area (Å²) in [5.74, 6) is -1.51. The predicted molar refractivity (Wildman–Crippen MR) is 56.7 cm³/mol. The molecule has 0 saturated carbocycles. The molecule has 16 heavy (non-hydrogen) atoms. The van der Waals surface area contributed by atoms with E-state index in [0.29, 0.717) is 6.42 Å². The molecule has 4 nitrogen and oxygen atoms in total. The van der Waals surface area contributed by atoms with Crippen molar-refractivity contribution < 1.29 is 18.7 Å². The van der Waals surface area contributed by atoms with Gasteiger partial charge in [-0.3, -0.25) is 9.59 Å². The Balaban J connectivity index is 2.58. The Morgan fingerprint density at radius 1 is 1.50 bits per heavy atom. The number of ketones is 1. The molecule has 5 heteroatoms. The van der Waals surface area contributed by atoms with Crippen molar-refractivity contribution in [3.63, 3.8) is 0 Å². The highest BCUT2D eigenvalue weighted by Gasteiger charge is 2.36. The second-order valence-electron chi connectivity index (χ2n) is 3.91. The highest BCUT2D eigenvalue weighted by molar-refractivity contribution is 6.01. The fourth-order valence-corrected chi connectivity index (χ4v) is 1.88. The fraction of sp³-hybridized carbons (Fsp3) is 0.818. The molecule has 0 aromatic carbocycles. The number of hydrogen-bond acceptors (Lipinski definition) is 4. The van der Waals surface area contributed by atoms with Crippen LogP contribution in [0, 0.1) is 5.92 Å². The molecular formula is C11H18FNO3. The van der Waals surface area contributed by atoms with Crippen LogP contribution in [0.1, 0.15) is 26.7 Å². The van der Waals surface area contributed by atoms with Gasteiger partial charge in [0.2, 0.25) is 0 Å². The number of rotatable bonds is 5. The van der Waals surface area contributed by atoms with Gasteiger partial charge in [0.25, 0.3) is 0 Å². The second kappa shape index (κ2) is 5.94. The van der Waals surface area contributed by atoms with Crippen molar-refractivity contribution in [3.05, 3.63) is 0 Å². The van der Waals surface area contributed by atoms with Crippen LogP contribution in [0.3, 0.4) is 0 Å². The van der Waals surface area contributed by atoms with Crippen molar-refractivity contribution in [3.8, 4) is 0 Å². The maximum Gasteiger partial charge on any atom is 0.316 e. The van der Waals surface area contributed by atoms with Crippen LogP contribution in [0.4, 0.5) is 4.39 Å². The first-order valence-corrected chi connectivity index (χ1v) is 5.67. The third kappa shape index (κ3) is 3.01. The lowest BCUT2D eigenvalue weighted by atomic mass is 9.94. The van der Waals surface area contributed by atoms with Gasteiger partial charge in [-0.05, 0) is 13.3 Å². The summed E-state index contributed by atoms with van der Waals surface area (Å²) in [4.78, 5) is 23.4. The zero-order valence-electron chi connectivity index (χ0n) is 9.66. The molecule has 1 saturated heterocycles. The Labute approximate surface area is 94.5 Å². The van der Waals surface area contributed by atoms with Gasteiger partial charge in [-0.1, -0.05) is 6.92 Å². The van der Waals surface area contributed by atoms with Crippen molar-refractivity contribution in [1.29, 1.82) is 0 Å². The van der Waals surface area contributed by atoms with E-state index in [-0.39, 0.29) is 25.4 Å². The summed E-state index contributed by atoms with van der Waals surface area (Å²) in [6.07, 6.45) is -0.435. The molecule has 1 heterocycles. The van der Waals surface area contributed by atoms with Crippen molar-refractivity contribution in [2.45, 2.75) is 38.9 Å². The molecule has 92 valence electrons. The number of ether oxygens (including phenoxy) is 1. The van der Waals surface area contributed by atoms with Gasteiger partial charge in [0.1, 0.15) is 12.1 Å². The van der Waals surface area contributed by atoms with Gasteiger partial charge in [-0.15, -0.1) is 0 Å². The number of hydrogen-bond donors (Lipinski definition) is 1. The molecule has 1 rings (SSSR count). The maximum atomic E-state index is 12.9. The maximum absolute atomic E-state index is 12.9. The number of carbonyl (C=O) groups is 2. The summed E-state index contributed by atoms with van der Waals surface area (Å²) >= 11 is 0. The lowest BCUT2D eigenvalue weighted by Gasteiger charge is -2.16. The standard InChI is InChI=1S/C11H18FNO3/c1-3-8(11(15)16-4-2)10(14)9-5-7(12)6-13-9/h7-9,13H,3-6H2,1-2H3/t7-,8?,9+/m1/s1. The predicted octanol–water partition coefficient (Wildman–Crippen LogP) is 0.845. The Kier molecular flexibility index (Phi) is 4.86. The summed E-state index contributed by atoms with van der Waals surface area (Å²) in [5.41, 5.74) is 0. The fourth-order valence-electron chi connectivity index (χ4n) is 1.88. The Hall–Kier alpha value is -0.970. The molecule has 1 fully saturated rings. The van der Waals surface area contributed by atoms with Gasteiger partial charge >= 0.3 is 5.97 Å². The normalized spacial score (nSPS) is 26.4. The number of carbonyl (C=O) groups excluding carboxylic acids is 2. The summed E-state index contributed by atoms with van der Waals surface area (Å²) in [6, 6.07) is -0.538. The molecule has 1 aliphatic rings. The van der Waals surface area contributed by atoms with E-state index in [4.69, 9.17) is 4.74 Å². The Morgan fingerprint density at radius 3 is 2.62 bits per heavy atom. The van der Waals surface area contributed by atoms with E-state index in [9.17, 15) is 14.0 Å². The number of Topliss-reactive ketones (excluding diaryl/α,β-unsaturated/α-hetero) is 1. The number of esters is 1. The summed E-state index contributed by atoms with van der Waals surface area (Å²) < 4.78 is 17.7. The highest BCUT2D eigenvalue weighted by atomic mass is 19.1. The molecule has 0 aromatic rings. The van der Waals surface area contributed by atoms with E-state index in [1.54, 1.807) is 13.8 Å². The van der Waals surface area contributed by atoms with E-state index >= 15 is 0 Å². The smallest absolute Gasteiger partial charge is 0.316 e. The van der Waals surface area contributed by atoms with Gasteiger partial charge in [-0.2, -0.15) is 0 Å². The van der Waals surface area contributed by atoms with Crippen molar-refractivity contribution in [1.82, 2.24) is 5.32 Å². The molecule has 0 spiro atoms. The number of halogens is 1. The summed E-state index contributed by atoms with van der Waals surface area (Å²) in [5, 5.41) is 2.79. The van der Waals surface area contributed by atoms with Crippen LogP contribution < -0.4 is 5.32 Å². The van der Waals surface area contributed by atoms with Crippen molar-refractivity contribution in [2.24, 2.45) is 5.92 Å². The number of nitrogens with one attached hydrogen (secondary N) is 1. The molecule has 1 aliphatic heterocycles. The topological polar surface area (TPSA) is 55.4 Å². The molecule has 0 bridgehead atoms. The lowest BCUT2D eigenvalue weighted by Crippen LogP contribution is -2.39. The SMILES string of the molecule is CCOC(=O)C(CC)C(=O)[C@@H]1C[C@@H](F)CN1. The zero-order chi connectivity index (χ0) is 12.1. The monoisotopic (exact) mass is 231 g/mol. The van der Waals surface area contributed by atoms with Crippen LogP contribution in [0.15, 0.2) is 0 Å². The van der Waals surface area contributed by atoms with Crippen LogP contribution in [-0.2, 0) is 14.3 Å². The Morgan fingerprint density at radius 2 is 2.19 bits per heavy atom. The minimum absolute atomic E-state index is 0.161. The summed E-state index contributed by atoms with van der Waals surface area (Å²) in [6.45, 7) is 3.89. The summed E-state index contributed by atoms with van der Waals surface area (Å²) in [7, 11) is 0. The molecule has 0 amide bonds. The first-order valence-electron chi connectivity index (χ1n) is 5.67. The molecule has 0 aromatic heterocycles. The average molecular weight is 231 g/mol. The lowest BCUT2D eigenvalue weighted by molar-refractivity contribution is -0.152. The quantitative estimate of drug-likeness (QED) is 0.563. The van der Waals surface area contributed by atoms with Gasteiger partial charge < -0.3 is 10.1 Å². The molecule has 0 aliphatic carbocycles. The second-order valence-corrected chi connectivity index (χ2v) is 3.91. The van der Waals surface area contributed by atoms with Crippen LogP contribution in [0.5, 0.6) is 0 Å². The zero-order valence-corrected chi connectivity index (χ0v) is 9.66. The minimum atomic E-state index is -0.992. The largest absolute Gasteiger partial charge is 0.465 e. The van der Waals surface area contributed by atoms with E-state index in [2.05, 4.69) is 5.32 Å². The third-order valence-corrected chi connectivity index (χ3v) is 2.74. The van der Waals surface area contributed by atoms with Gasteiger partial charge in [0, 0.05) is 13.0 Å². The molecule has 1 N–H and O–H groups in total. The van der Waals surface area contributed by atoms with Gasteiger partial charge in [-0.25, -0.2) is 4.39 Å². The molecule has 3 atom stereocenters. The van der Waals surface area contributed by atoms with Crippen molar-refractivity contribution >= 4 is 11.8 Å². The van der Waals surface area contributed by atoms with Crippen LogP contribution in [-0.4, -0.2) is 37.1 Å². The van der Waals surface area contributed by atoms with Crippen LogP contribution in [0.25, 0.3) is 0 Å². The average Bonchev–Trinajstić information content (AvgIpc) is 2.66. The molecular weight excluding hydrogens is 213 g/mol. The van der Waals surface area contributed by atoms with E-state index in [1.807, 2.05) is 0 Å². The van der Waals surface area contributed by atoms with Crippen LogP contribution in [0.2, 0.25) is 0 Å². The minimum Gasteiger partial charge on any atom is -0.465 e. The third-order valence-electron chi connectivity index (χ3n) is 2.74. The van der Waals surface area contributed by atoms with Crippen molar-refractivity contribution in [2.75, 3.05) is 13.2 Å². The van der Waals surface area contributed by atoms with E-state index < -0.39 is 24.1 Å². The molecule has 0 radical (unpaired) electrons. The number of alkyl halides is 1. The van der Waals surface area contributed by atoms with E-state index in [1.165, 1.54) is 0 Å². The van der Waals surface area contributed by atoms with E-state index in [0.717, 1.165) is 0 Å².